The zero-order chi connectivity index (χ0) is 25.0. The Bertz CT molecular complexity index is 1340. The van der Waals surface area contributed by atoms with Gasteiger partial charge in [-0.1, -0.05) is 11.3 Å². The summed E-state index contributed by atoms with van der Waals surface area (Å²) < 4.78 is 29.7. The molecule has 0 radical (unpaired) electrons. The first kappa shape index (κ1) is 24.6. The first-order valence-corrected chi connectivity index (χ1v) is 12.9. The van der Waals surface area contributed by atoms with E-state index in [1.807, 2.05) is 6.07 Å². The van der Waals surface area contributed by atoms with E-state index in [0.29, 0.717) is 5.13 Å². The number of azo groups is 1. The number of aromatic nitrogens is 5. The van der Waals surface area contributed by atoms with Crippen LogP contribution in [-0.2, 0) is 10.2 Å². The van der Waals surface area contributed by atoms with E-state index < -0.39 is 10.2 Å². The second-order valence-corrected chi connectivity index (χ2v) is 10.8. The molecule has 14 nitrogen and oxygen atoms in total. The Morgan fingerprint density at radius 3 is 2.60 bits per heavy atom. The highest BCUT2D eigenvalue weighted by Gasteiger charge is 2.23. The molecular weight excluding hydrogens is 492 g/mol. The number of nitriles is 1. The predicted octanol–water partition coefficient (Wildman–Crippen LogP) is 2.13. The predicted molar refractivity (Wildman–Crippen MR) is 131 cm³/mol. The van der Waals surface area contributed by atoms with Crippen LogP contribution in [-0.4, -0.2) is 82.6 Å². The highest BCUT2D eigenvalue weighted by atomic mass is 32.2. The summed E-state index contributed by atoms with van der Waals surface area (Å²) in [5.41, 5.74) is 0.158. The van der Waals surface area contributed by atoms with Crippen LogP contribution in [0.1, 0.15) is 18.4 Å². The van der Waals surface area contributed by atoms with Crippen LogP contribution in [0.3, 0.4) is 0 Å². The second kappa shape index (κ2) is 10.4. The molecule has 4 rings (SSSR count). The number of nitrogens with one attached hydrogen (secondary N) is 2. The Hall–Kier alpha value is -3.52. The van der Waals surface area contributed by atoms with Crippen LogP contribution in [0, 0.1) is 11.3 Å². The molecule has 0 bridgehead atoms. The number of anilines is 2. The fourth-order valence-electron chi connectivity index (χ4n) is 3.21. The summed E-state index contributed by atoms with van der Waals surface area (Å²) in [6.45, 7) is 1.91. The van der Waals surface area contributed by atoms with E-state index in [2.05, 4.69) is 52.3 Å². The molecule has 2 N–H and O–H groups in total. The first-order chi connectivity index (χ1) is 16.8. The maximum absolute atomic E-state index is 12.5. The quantitative estimate of drug-likeness (QED) is 0.426. The fourth-order valence-corrected chi connectivity index (χ4v) is 4.66. The highest BCUT2D eigenvalue weighted by molar-refractivity contribution is 7.90. The van der Waals surface area contributed by atoms with E-state index in [0.717, 1.165) is 41.6 Å². The minimum Gasteiger partial charge on any atom is -0.359 e. The molecule has 3 aromatic heterocycles. The molecule has 0 atom stereocenters. The van der Waals surface area contributed by atoms with Gasteiger partial charge in [-0.05, 0) is 39.0 Å². The van der Waals surface area contributed by atoms with E-state index in [1.165, 1.54) is 37.4 Å². The highest BCUT2D eigenvalue weighted by Crippen LogP contribution is 2.38. The van der Waals surface area contributed by atoms with E-state index in [9.17, 15) is 13.7 Å². The van der Waals surface area contributed by atoms with Crippen LogP contribution in [0.4, 0.5) is 21.8 Å². The molecule has 0 aromatic carbocycles. The molecule has 1 aliphatic heterocycles. The van der Waals surface area contributed by atoms with Gasteiger partial charge in [0.2, 0.25) is 0 Å². The Morgan fingerprint density at radius 2 is 1.94 bits per heavy atom. The van der Waals surface area contributed by atoms with Gasteiger partial charge in [-0.25, -0.2) is 9.97 Å². The summed E-state index contributed by atoms with van der Waals surface area (Å²) in [4.78, 5) is 14.9. The molecule has 16 heteroatoms. The van der Waals surface area contributed by atoms with Crippen LogP contribution < -0.4 is 10.0 Å². The van der Waals surface area contributed by atoms with Crippen LogP contribution in [0.25, 0.3) is 5.95 Å². The molecule has 0 spiro atoms. The van der Waals surface area contributed by atoms with E-state index in [-0.39, 0.29) is 34.2 Å². The Kier molecular flexibility index (Phi) is 7.31. The molecule has 35 heavy (non-hydrogen) atoms. The van der Waals surface area contributed by atoms with Gasteiger partial charge in [0.25, 0.3) is 5.95 Å². The summed E-state index contributed by atoms with van der Waals surface area (Å²) in [5, 5.41) is 26.2. The van der Waals surface area contributed by atoms with Gasteiger partial charge in [-0.2, -0.15) is 32.7 Å². The van der Waals surface area contributed by atoms with E-state index >= 15 is 0 Å². The number of nitrogens with zero attached hydrogens (tertiary/aromatic N) is 10. The zero-order valence-corrected chi connectivity index (χ0v) is 21.0. The molecule has 1 aliphatic rings. The third-order valence-corrected chi connectivity index (χ3v) is 7.49. The van der Waals surface area contributed by atoms with Crippen LogP contribution in [0.2, 0.25) is 0 Å². The minimum absolute atomic E-state index is 0.0309. The number of hydrogen-bond acceptors (Lipinski definition) is 12. The summed E-state index contributed by atoms with van der Waals surface area (Å²) in [5.74, 6) is 0.354. The zero-order valence-electron chi connectivity index (χ0n) is 19.3. The maximum atomic E-state index is 12.5. The third-order valence-electron chi connectivity index (χ3n) is 5.20. The smallest absolute Gasteiger partial charge is 0.302 e. The molecule has 0 unspecified atom stereocenters. The third kappa shape index (κ3) is 5.77. The van der Waals surface area contributed by atoms with Gasteiger partial charge in [0.1, 0.15) is 11.6 Å². The number of likely N-dealkylation sites (tertiary alicyclic amines) is 1. The van der Waals surface area contributed by atoms with Crippen molar-refractivity contribution in [1.82, 2.24) is 33.9 Å². The largest absolute Gasteiger partial charge is 0.359 e. The second-order valence-electron chi connectivity index (χ2n) is 7.94. The standard InChI is InChI=1S/C19H24N12O2S2/c1-29(2)35(32,33)28-15-17(34-19(25-15)24-14-5-9-30(3)10-6-14)27-26-16-13(11-20)12-23-31(16)18-21-7-4-8-22-18/h4,7-8,12,14,28H,5-6,9-10H2,1-3H3,(H,24,25). The SMILES string of the molecule is CN1CCC(Nc2nc(NS(=O)(=O)N(C)C)c(N=Nc3c(C#N)cnn3-c3ncccn3)s2)CC1. The van der Waals surface area contributed by atoms with Crippen LogP contribution in [0.5, 0.6) is 0 Å². The Balaban J connectivity index is 1.67. The van der Waals surface area contributed by atoms with Crippen molar-refractivity contribution in [3.8, 4) is 12.0 Å². The Labute approximate surface area is 206 Å². The van der Waals surface area contributed by atoms with Gasteiger partial charge < -0.3 is 10.2 Å². The molecule has 0 saturated carbocycles. The number of rotatable bonds is 8. The minimum atomic E-state index is -3.84. The summed E-state index contributed by atoms with van der Waals surface area (Å²) in [7, 11) is 1.06. The van der Waals surface area contributed by atoms with Gasteiger partial charge in [0.05, 0.1) is 6.20 Å². The average molecular weight is 517 g/mol. The van der Waals surface area contributed by atoms with Crippen molar-refractivity contribution in [2.24, 2.45) is 10.2 Å². The van der Waals surface area contributed by atoms with E-state index in [1.54, 1.807) is 6.07 Å². The van der Waals surface area contributed by atoms with Crippen molar-refractivity contribution < 1.29 is 8.42 Å². The van der Waals surface area contributed by atoms with Crippen molar-refractivity contribution >= 4 is 43.3 Å². The van der Waals surface area contributed by atoms with Crippen molar-refractivity contribution in [1.29, 1.82) is 5.26 Å². The molecule has 4 heterocycles. The van der Waals surface area contributed by atoms with Crippen molar-refractivity contribution in [3.63, 3.8) is 0 Å². The topological polar surface area (TPSA) is 170 Å². The molecule has 0 amide bonds. The van der Waals surface area contributed by atoms with E-state index in [4.69, 9.17) is 0 Å². The maximum Gasteiger partial charge on any atom is 0.302 e. The first-order valence-electron chi connectivity index (χ1n) is 10.6. The van der Waals surface area contributed by atoms with Crippen molar-refractivity contribution in [3.05, 3.63) is 30.2 Å². The monoisotopic (exact) mass is 516 g/mol. The van der Waals surface area contributed by atoms with Gasteiger partial charge in [0, 0.05) is 32.5 Å². The van der Waals surface area contributed by atoms with Crippen LogP contribution >= 0.6 is 11.3 Å². The molecule has 3 aromatic rings. The molecular formula is C19H24N12O2S2. The van der Waals surface area contributed by atoms with Gasteiger partial charge in [0.15, 0.2) is 21.8 Å². The van der Waals surface area contributed by atoms with Crippen molar-refractivity contribution in [2.45, 2.75) is 18.9 Å². The lowest BCUT2D eigenvalue weighted by Gasteiger charge is -2.29. The van der Waals surface area contributed by atoms with Gasteiger partial charge in [-0.3, -0.25) is 4.72 Å². The number of hydrogen-bond donors (Lipinski definition) is 2. The summed E-state index contributed by atoms with van der Waals surface area (Å²) in [6, 6.07) is 3.88. The average Bonchev–Trinajstić information content (AvgIpc) is 3.42. The fraction of sp³-hybridized carbons (Fsp3) is 0.421. The van der Waals surface area contributed by atoms with Gasteiger partial charge >= 0.3 is 10.2 Å². The lowest BCUT2D eigenvalue weighted by atomic mass is 10.1. The summed E-state index contributed by atoms with van der Waals surface area (Å²) >= 11 is 1.16. The van der Waals surface area contributed by atoms with Crippen molar-refractivity contribution in [2.75, 3.05) is 44.3 Å². The lowest BCUT2D eigenvalue weighted by Crippen LogP contribution is -2.36. The van der Waals surface area contributed by atoms with Gasteiger partial charge in [-0.15, -0.1) is 10.2 Å². The lowest BCUT2D eigenvalue weighted by molar-refractivity contribution is 0.264. The molecule has 0 aliphatic carbocycles. The molecule has 1 fully saturated rings. The summed E-state index contributed by atoms with van der Waals surface area (Å²) in [6.07, 6.45) is 6.28. The Morgan fingerprint density at radius 1 is 1.23 bits per heavy atom. The number of thiazole rings is 1. The molecule has 1 saturated heterocycles. The van der Waals surface area contributed by atoms with Crippen LogP contribution in [0.15, 0.2) is 34.9 Å². The normalized spacial score (nSPS) is 15.5. The molecule has 184 valence electrons. The number of piperidine rings is 1.